The van der Waals surface area contributed by atoms with Crippen LogP contribution in [0.1, 0.15) is 13.8 Å². The van der Waals surface area contributed by atoms with Gasteiger partial charge in [-0.05, 0) is 13.8 Å². The first-order chi connectivity index (χ1) is 4.72. The van der Waals surface area contributed by atoms with Crippen LogP contribution < -0.4 is 6.15 Å². The molecule has 0 unspecified atom stereocenters. The second kappa shape index (κ2) is 7.01. The first-order valence-corrected chi connectivity index (χ1v) is 3.06. The molecule has 0 rings (SSSR count). The summed E-state index contributed by atoms with van der Waals surface area (Å²) in [6, 6.07) is 0. The molecule has 0 aliphatic heterocycles. The molecule has 0 aliphatic rings. The molecule has 3 N–H and O–H groups in total. The second-order valence-corrected chi connectivity index (χ2v) is 1.44. The van der Waals surface area contributed by atoms with E-state index in [-0.39, 0.29) is 19.4 Å². The van der Waals surface area contributed by atoms with Crippen LogP contribution in [0.15, 0.2) is 0 Å². The topological polar surface area (TPSA) is 87.6 Å². The maximum Gasteiger partial charge on any atom is 0.417 e. The van der Waals surface area contributed by atoms with Crippen molar-refractivity contribution in [1.82, 2.24) is 6.15 Å². The molecule has 0 bridgehead atoms. The van der Waals surface area contributed by atoms with Crippen LogP contribution in [0.4, 0.5) is 0 Å². The highest BCUT2D eigenvalue weighted by atomic mass is 16.6. The number of hydrogen-bond donors (Lipinski definition) is 1. The molecular weight excluding hydrogens is 150 g/mol. The zero-order valence-electron chi connectivity index (χ0n) is 6.75. The largest absolute Gasteiger partial charge is 0.458 e. The van der Waals surface area contributed by atoms with Crippen LogP contribution in [0.5, 0.6) is 0 Å². The second-order valence-electron chi connectivity index (χ2n) is 1.44. The van der Waals surface area contributed by atoms with Crippen LogP contribution in [0.2, 0.25) is 0 Å². The molecule has 11 heavy (non-hydrogen) atoms. The minimum absolute atomic E-state index is 0. The zero-order valence-corrected chi connectivity index (χ0v) is 6.75. The lowest BCUT2D eigenvalue weighted by molar-refractivity contribution is -0.167. The highest BCUT2D eigenvalue weighted by Crippen LogP contribution is 1.82. The summed E-state index contributed by atoms with van der Waals surface area (Å²) in [5, 5.41) is 0. The predicted molar refractivity (Wildman–Crippen MR) is 38.3 cm³/mol. The Kier molecular flexibility index (Phi) is 8.01. The van der Waals surface area contributed by atoms with Crippen molar-refractivity contribution in [2.24, 2.45) is 0 Å². The number of carbonyl (C=O) groups excluding carboxylic acids is 2. The van der Waals surface area contributed by atoms with Crippen LogP contribution in [0.3, 0.4) is 0 Å². The fraction of sp³-hybridized carbons (Fsp3) is 0.667. The minimum Gasteiger partial charge on any atom is -0.458 e. The molecule has 0 aliphatic carbocycles. The van der Waals surface area contributed by atoms with E-state index in [1.807, 2.05) is 0 Å². The third-order valence-corrected chi connectivity index (χ3v) is 0.718. The molecule has 0 spiro atoms. The highest BCUT2D eigenvalue weighted by Gasteiger charge is 2.14. The van der Waals surface area contributed by atoms with Gasteiger partial charge in [0.05, 0.1) is 13.2 Å². The van der Waals surface area contributed by atoms with Crippen molar-refractivity contribution in [3.63, 3.8) is 0 Å². The van der Waals surface area contributed by atoms with E-state index in [0.717, 1.165) is 0 Å². The molecule has 5 heteroatoms. The molecule has 0 radical (unpaired) electrons. The molecule has 0 saturated heterocycles. The van der Waals surface area contributed by atoms with Crippen molar-refractivity contribution >= 4 is 11.9 Å². The van der Waals surface area contributed by atoms with Gasteiger partial charge in [-0.2, -0.15) is 0 Å². The maximum absolute atomic E-state index is 10.4. The molecule has 0 amide bonds. The molecule has 0 aromatic heterocycles. The van der Waals surface area contributed by atoms with Crippen LogP contribution in [0.25, 0.3) is 0 Å². The van der Waals surface area contributed by atoms with Gasteiger partial charge in [0.1, 0.15) is 0 Å². The van der Waals surface area contributed by atoms with Crippen LogP contribution in [0, 0.1) is 0 Å². The maximum atomic E-state index is 10.4. The van der Waals surface area contributed by atoms with Gasteiger partial charge in [0.2, 0.25) is 0 Å². The normalized spacial score (nSPS) is 7.82. The van der Waals surface area contributed by atoms with Crippen molar-refractivity contribution < 1.29 is 19.1 Å². The average molecular weight is 163 g/mol. The lowest BCUT2D eigenvalue weighted by atomic mass is 10.7. The van der Waals surface area contributed by atoms with E-state index in [9.17, 15) is 9.59 Å². The number of carbonyl (C=O) groups is 2. The summed E-state index contributed by atoms with van der Waals surface area (Å²) in [4.78, 5) is 20.9. The first-order valence-electron chi connectivity index (χ1n) is 3.06. The Balaban J connectivity index is 0. The van der Waals surface area contributed by atoms with Gasteiger partial charge in [-0.3, -0.25) is 0 Å². The summed E-state index contributed by atoms with van der Waals surface area (Å²) in [6.45, 7) is 3.63. The number of ether oxygens (including phenoxy) is 2. The molecule has 0 heterocycles. The molecule has 0 fully saturated rings. The van der Waals surface area contributed by atoms with Crippen LogP contribution in [-0.2, 0) is 19.1 Å². The zero-order chi connectivity index (χ0) is 7.98. The monoisotopic (exact) mass is 163 g/mol. The van der Waals surface area contributed by atoms with Crippen molar-refractivity contribution in [3.8, 4) is 0 Å². The summed E-state index contributed by atoms with van der Waals surface area (Å²) < 4.78 is 8.69. The summed E-state index contributed by atoms with van der Waals surface area (Å²) in [7, 11) is 0. The number of hydrogen-bond acceptors (Lipinski definition) is 5. The Hall–Kier alpha value is -1.10. The standard InChI is InChI=1S/C6H10O4.H3N/c1-3-9-5(7)6(8)10-4-2;/h3-4H2,1-2H3;1H3. The summed E-state index contributed by atoms with van der Waals surface area (Å²) in [6.07, 6.45) is 0. The molecule has 0 atom stereocenters. The Morgan fingerprint density at radius 2 is 1.27 bits per heavy atom. The fourth-order valence-corrected chi connectivity index (χ4v) is 0.380. The molecule has 66 valence electrons. The van der Waals surface area contributed by atoms with E-state index >= 15 is 0 Å². The minimum atomic E-state index is -0.927. The van der Waals surface area contributed by atoms with Crippen molar-refractivity contribution in [2.75, 3.05) is 13.2 Å². The number of rotatable bonds is 2. The van der Waals surface area contributed by atoms with E-state index in [4.69, 9.17) is 0 Å². The summed E-state index contributed by atoms with van der Waals surface area (Å²) >= 11 is 0. The van der Waals surface area contributed by atoms with E-state index in [2.05, 4.69) is 9.47 Å². The molecule has 0 saturated carbocycles. The van der Waals surface area contributed by atoms with Gasteiger partial charge in [-0.25, -0.2) is 9.59 Å². The first kappa shape index (κ1) is 12.6. The van der Waals surface area contributed by atoms with Gasteiger partial charge in [0, 0.05) is 0 Å². The quantitative estimate of drug-likeness (QED) is 0.466. The summed E-state index contributed by atoms with van der Waals surface area (Å²) in [5.41, 5.74) is 0. The lowest BCUT2D eigenvalue weighted by Crippen LogP contribution is -2.19. The van der Waals surface area contributed by atoms with E-state index < -0.39 is 11.9 Å². The van der Waals surface area contributed by atoms with E-state index in [0.29, 0.717) is 0 Å². The molecule has 5 nitrogen and oxygen atoms in total. The van der Waals surface area contributed by atoms with Gasteiger partial charge in [-0.15, -0.1) is 0 Å². The SMILES string of the molecule is CCOC(=O)C(=O)OCC.N. The Bertz CT molecular complexity index is 119. The van der Waals surface area contributed by atoms with Gasteiger partial charge < -0.3 is 15.6 Å². The third kappa shape index (κ3) is 5.35. The average Bonchev–Trinajstić information content (AvgIpc) is 1.89. The summed E-state index contributed by atoms with van der Waals surface area (Å²) in [5.74, 6) is -1.85. The smallest absolute Gasteiger partial charge is 0.417 e. The van der Waals surface area contributed by atoms with E-state index in [1.165, 1.54) is 0 Å². The lowest BCUT2D eigenvalue weighted by Gasteiger charge is -1.99. The molecule has 0 aromatic rings. The third-order valence-electron chi connectivity index (χ3n) is 0.718. The number of esters is 2. The Labute approximate surface area is 65.2 Å². The predicted octanol–water partition coefficient (Wildman–Crippen LogP) is 0.275. The Morgan fingerprint density at radius 3 is 1.45 bits per heavy atom. The van der Waals surface area contributed by atoms with Gasteiger partial charge in [0.15, 0.2) is 0 Å². The molecular formula is C6H13NO4. The van der Waals surface area contributed by atoms with Gasteiger partial charge >= 0.3 is 11.9 Å². The Morgan fingerprint density at radius 1 is 1.00 bits per heavy atom. The van der Waals surface area contributed by atoms with E-state index in [1.54, 1.807) is 13.8 Å². The fourth-order valence-electron chi connectivity index (χ4n) is 0.380. The van der Waals surface area contributed by atoms with Gasteiger partial charge in [0.25, 0.3) is 0 Å². The van der Waals surface area contributed by atoms with Gasteiger partial charge in [-0.1, -0.05) is 0 Å². The van der Waals surface area contributed by atoms with Crippen molar-refractivity contribution in [1.29, 1.82) is 0 Å². The van der Waals surface area contributed by atoms with Crippen molar-refractivity contribution in [3.05, 3.63) is 0 Å². The van der Waals surface area contributed by atoms with Crippen LogP contribution >= 0.6 is 0 Å². The van der Waals surface area contributed by atoms with Crippen LogP contribution in [-0.4, -0.2) is 25.2 Å². The molecule has 0 aromatic carbocycles. The van der Waals surface area contributed by atoms with Crippen molar-refractivity contribution in [2.45, 2.75) is 13.8 Å². The highest BCUT2D eigenvalue weighted by molar-refractivity contribution is 6.29.